The van der Waals surface area contributed by atoms with Crippen LogP contribution in [-0.4, -0.2) is 30.3 Å². The topological polar surface area (TPSA) is 26.3 Å². The molecule has 0 saturated carbocycles. The van der Waals surface area contributed by atoms with Gasteiger partial charge in [-0.2, -0.15) is 13.2 Å². The lowest BCUT2D eigenvalue weighted by molar-refractivity contribution is -0.145. The highest BCUT2D eigenvalue weighted by Gasteiger charge is 2.38. The number of carbonyl (C=O) groups is 1. The van der Waals surface area contributed by atoms with Crippen LogP contribution in [0, 0.1) is 0 Å². The minimum Gasteiger partial charge on any atom is -0.466 e. The van der Waals surface area contributed by atoms with Gasteiger partial charge in [-0.15, -0.1) is 23.5 Å². The standard InChI is InChI=1S/C11H17F3O2S2/c1-4-16-9(15)7-8(11(12,13)14)10(17-5-2)18-6-3/h4-7H2,1-3H3. The molecule has 0 aromatic carbocycles. The van der Waals surface area contributed by atoms with Gasteiger partial charge >= 0.3 is 12.1 Å². The highest BCUT2D eigenvalue weighted by atomic mass is 32.2. The number of halogens is 3. The maximum Gasteiger partial charge on any atom is 0.414 e. The van der Waals surface area contributed by atoms with Crippen molar-refractivity contribution in [2.24, 2.45) is 0 Å². The van der Waals surface area contributed by atoms with Gasteiger partial charge in [0, 0.05) is 4.24 Å². The van der Waals surface area contributed by atoms with Crippen molar-refractivity contribution in [3.8, 4) is 0 Å². The second-order valence-corrected chi connectivity index (χ2v) is 5.92. The first-order chi connectivity index (χ1) is 8.36. The molecule has 0 unspecified atom stereocenters. The second kappa shape index (κ2) is 8.74. The van der Waals surface area contributed by atoms with E-state index in [2.05, 4.69) is 4.74 Å². The molecule has 0 aromatic heterocycles. The molecule has 0 amide bonds. The molecule has 0 aliphatic heterocycles. The Kier molecular flexibility index (Phi) is 8.60. The van der Waals surface area contributed by atoms with Crippen LogP contribution in [0.15, 0.2) is 9.81 Å². The lowest BCUT2D eigenvalue weighted by atomic mass is 10.2. The molecule has 0 bridgehead atoms. The van der Waals surface area contributed by atoms with E-state index in [1.54, 1.807) is 20.8 Å². The van der Waals surface area contributed by atoms with Gasteiger partial charge in [-0.05, 0) is 18.4 Å². The molecule has 18 heavy (non-hydrogen) atoms. The van der Waals surface area contributed by atoms with E-state index in [0.29, 0.717) is 11.5 Å². The quantitative estimate of drug-likeness (QED) is 0.658. The van der Waals surface area contributed by atoms with Gasteiger partial charge in [0.25, 0.3) is 0 Å². The van der Waals surface area contributed by atoms with Crippen LogP contribution in [0.25, 0.3) is 0 Å². The van der Waals surface area contributed by atoms with E-state index in [1.165, 1.54) is 0 Å². The van der Waals surface area contributed by atoms with Crippen molar-refractivity contribution < 1.29 is 22.7 Å². The lowest BCUT2D eigenvalue weighted by Crippen LogP contribution is -2.18. The fourth-order valence-corrected chi connectivity index (χ4v) is 3.41. The van der Waals surface area contributed by atoms with Crippen molar-refractivity contribution in [2.75, 3.05) is 18.1 Å². The van der Waals surface area contributed by atoms with Crippen LogP contribution in [0.2, 0.25) is 0 Å². The van der Waals surface area contributed by atoms with E-state index >= 15 is 0 Å². The average molecular weight is 302 g/mol. The summed E-state index contributed by atoms with van der Waals surface area (Å²) in [4.78, 5) is 11.2. The molecular weight excluding hydrogens is 285 g/mol. The van der Waals surface area contributed by atoms with Gasteiger partial charge in [0.1, 0.15) is 0 Å². The van der Waals surface area contributed by atoms with Crippen LogP contribution in [-0.2, 0) is 9.53 Å². The molecule has 0 aromatic rings. The molecule has 0 radical (unpaired) electrons. The molecule has 0 aliphatic rings. The van der Waals surface area contributed by atoms with E-state index in [1.807, 2.05) is 0 Å². The van der Waals surface area contributed by atoms with Gasteiger partial charge in [0.2, 0.25) is 0 Å². The maximum atomic E-state index is 12.9. The smallest absolute Gasteiger partial charge is 0.414 e. The summed E-state index contributed by atoms with van der Waals surface area (Å²) in [7, 11) is 0. The van der Waals surface area contributed by atoms with Crippen LogP contribution in [0.1, 0.15) is 27.2 Å². The number of thioether (sulfide) groups is 2. The van der Waals surface area contributed by atoms with Crippen molar-refractivity contribution >= 4 is 29.5 Å². The number of alkyl halides is 3. The summed E-state index contributed by atoms with van der Waals surface area (Å²) >= 11 is 2.22. The number of esters is 1. The van der Waals surface area contributed by atoms with E-state index in [-0.39, 0.29) is 10.8 Å². The molecule has 0 spiro atoms. The van der Waals surface area contributed by atoms with Gasteiger partial charge < -0.3 is 4.74 Å². The van der Waals surface area contributed by atoms with E-state index in [9.17, 15) is 18.0 Å². The highest BCUT2D eigenvalue weighted by molar-refractivity contribution is 8.22. The normalized spacial score (nSPS) is 11.2. The summed E-state index contributed by atoms with van der Waals surface area (Å²) in [6.07, 6.45) is -5.21. The van der Waals surface area contributed by atoms with Crippen molar-refractivity contribution in [1.82, 2.24) is 0 Å². The third-order valence-corrected chi connectivity index (χ3v) is 4.07. The number of ether oxygens (including phenoxy) is 1. The summed E-state index contributed by atoms with van der Waals surface area (Å²) < 4.78 is 43.5. The molecule has 0 rings (SSSR count). The van der Waals surface area contributed by atoms with Crippen LogP contribution in [0.4, 0.5) is 13.2 Å². The Morgan fingerprint density at radius 3 is 1.94 bits per heavy atom. The fraction of sp³-hybridized carbons (Fsp3) is 0.727. The van der Waals surface area contributed by atoms with Crippen molar-refractivity contribution in [2.45, 2.75) is 33.4 Å². The molecule has 7 heteroatoms. The molecule has 0 aliphatic carbocycles. The number of hydrogen-bond acceptors (Lipinski definition) is 4. The fourth-order valence-electron chi connectivity index (χ4n) is 1.12. The average Bonchev–Trinajstić information content (AvgIpc) is 2.24. The zero-order chi connectivity index (χ0) is 14.2. The van der Waals surface area contributed by atoms with Crippen molar-refractivity contribution in [1.29, 1.82) is 0 Å². The Morgan fingerprint density at radius 2 is 1.61 bits per heavy atom. The SMILES string of the molecule is CCOC(=O)CC(=C(SCC)SCC)C(F)(F)F. The predicted molar refractivity (Wildman–Crippen MR) is 70.6 cm³/mol. The van der Waals surface area contributed by atoms with E-state index in [0.717, 1.165) is 23.5 Å². The number of rotatable bonds is 7. The highest BCUT2D eigenvalue weighted by Crippen LogP contribution is 2.40. The van der Waals surface area contributed by atoms with Crippen LogP contribution in [0.3, 0.4) is 0 Å². The van der Waals surface area contributed by atoms with Crippen molar-refractivity contribution in [3.05, 3.63) is 9.81 Å². The summed E-state index contributed by atoms with van der Waals surface area (Å²) in [5.41, 5.74) is -0.792. The molecular formula is C11H17F3O2S2. The number of hydrogen-bond donors (Lipinski definition) is 0. The Balaban J connectivity index is 5.15. The molecule has 106 valence electrons. The summed E-state index contributed by atoms with van der Waals surface area (Å²) in [5.74, 6) is 0.228. The van der Waals surface area contributed by atoms with Gasteiger partial charge in [-0.25, -0.2) is 0 Å². The lowest BCUT2D eigenvalue weighted by Gasteiger charge is -2.16. The Hall–Kier alpha value is -0.300. The summed E-state index contributed by atoms with van der Waals surface area (Å²) in [6.45, 7) is 5.21. The number of carbonyl (C=O) groups excluding carboxylic acids is 1. The first-order valence-corrected chi connectivity index (χ1v) is 7.55. The second-order valence-electron chi connectivity index (χ2n) is 3.11. The van der Waals surface area contributed by atoms with Crippen molar-refractivity contribution in [3.63, 3.8) is 0 Å². The molecule has 0 N–H and O–H groups in total. The largest absolute Gasteiger partial charge is 0.466 e. The first-order valence-electron chi connectivity index (χ1n) is 5.58. The minimum absolute atomic E-state index is 0.0845. The van der Waals surface area contributed by atoms with Crippen LogP contribution < -0.4 is 0 Å². The maximum absolute atomic E-state index is 12.9. The summed E-state index contributed by atoms with van der Waals surface area (Å²) in [5, 5.41) is 0. The zero-order valence-electron chi connectivity index (χ0n) is 10.6. The van der Waals surface area contributed by atoms with Crippen LogP contribution in [0.5, 0.6) is 0 Å². The molecule has 2 nitrogen and oxygen atoms in total. The Labute approximate surface area is 114 Å². The van der Waals surface area contributed by atoms with E-state index in [4.69, 9.17) is 0 Å². The third kappa shape index (κ3) is 6.58. The van der Waals surface area contributed by atoms with Gasteiger partial charge in [0.15, 0.2) is 0 Å². The summed E-state index contributed by atoms with van der Waals surface area (Å²) in [6, 6.07) is 0. The van der Waals surface area contributed by atoms with Crippen LogP contribution >= 0.6 is 23.5 Å². The van der Waals surface area contributed by atoms with Gasteiger partial charge in [0.05, 0.1) is 18.6 Å². The van der Waals surface area contributed by atoms with E-state index < -0.39 is 24.1 Å². The molecule has 0 saturated heterocycles. The van der Waals surface area contributed by atoms with Gasteiger partial charge in [-0.1, -0.05) is 13.8 Å². The first kappa shape index (κ1) is 17.7. The molecule has 0 atom stereocenters. The molecule has 0 heterocycles. The monoisotopic (exact) mass is 302 g/mol. The third-order valence-electron chi connectivity index (χ3n) is 1.77. The zero-order valence-corrected chi connectivity index (χ0v) is 12.2. The van der Waals surface area contributed by atoms with Gasteiger partial charge in [-0.3, -0.25) is 4.79 Å². The minimum atomic E-state index is -4.49. The Morgan fingerprint density at radius 1 is 1.11 bits per heavy atom. The molecule has 0 fully saturated rings. The predicted octanol–water partition coefficient (Wildman–Crippen LogP) is 4.22. The Bertz CT molecular complexity index is 293.